The third-order valence-electron chi connectivity index (χ3n) is 6.55. The number of hydrogen-bond donors (Lipinski definition) is 2. The molecule has 0 spiro atoms. The maximum absolute atomic E-state index is 10.9. The third kappa shape index (κ3) is 16.5. The van der Waals surface area contributed by atoms with E-state index in [2.05, 4.69) is 76.3 Å². The SMILES string of the molecule is C=C.C=CC=C.CCC1CCN(C(CC)C(=O)O)C1.CCCC(O)(CCC)CCCc1ccccc1. The maximum Gasteiger partial charge on any atom is 0.320 e. The van der Waals surface area contributed by atoms with E-state index in [1.54, 1.807) is 12.2 Å². The summed E-state index contributed by atoms with van der Waals surface area (Å²) in [6.07, 6.45) is 13.5. The van der Waals surface area contributed by atoms with E-state index >= 15 is 0 Å². The van der Waals surface area contributed by atoms with Crippen LogP contribution in [0.2, 0.25) is 0 Å². The van der Waals surface area contributed by atoms with E-state index in [-0.39, 0.29) is 6.04 Å². The van der Waals surface area contributed by atoms with Gasteiger partial charge in [-0.2, -0.15) is 0 Å². The molecule has 0 aliphatic carbocycles. The van der Waals surface area contributed by atoms with Crippen LogP contribution in [-0.4, -0.2) is 45.8 Å². The number of carboxylic acids is 1. The summed E-state index contributed by atoms with van der Waals surface area (Å²) in [7, 11) is 0. The van der Waals surface area contributed by atoms with Crippen LogP contribution in [0.3, 0.4) is 0 Å². The van der Waals surface area contributed by atoms with Crippen molar-refractivity contribution in [3.05, 3.63) is 74.4 Å². The largest absolute Gasteiger partial charge is 0.480 e. The van der Waals surface area contributed by atoms with Crippen molar-refractivity contribution in [1.82, 2.24) is 4.90 Å². The fraction of sp³-hybridized carbons (Fsp3) is 0.594. The van der Waals surface area contributed by atoms with E-state index in [4.69, 9.17) is 5.11 Å². The van der Waals surface area contributed by atoms with Gasteiger partial charge in [-0.15, -0.1) is 13.2 Å². The molecule has 0 radical (unpaired) electrons. The quantitative estimate of drug-likeness (QED) is 0.212. The van der Waals surface area contributed by atoms with Crippen molar-refractivity contribution >= 4 is 5.97 Å². The number of aryl methyl sites for hydroxylation is 1. The summed E-state index contributed by atoms with van der Waals surface area (Å²) in [5.41, 5.74) is 0.959. The average Bonchev–Trinajstić information content (AvgIpc) is 3.36. The Labute approximate surface area is 222 Å². The van der Waals surface area contributed by atoms with E-state index in [1.165, 1.54) is 18.4 Å². The molecule has 1 heterocycles. The first kappa shape index (κ1) is 36.0. The lowest BCUT2D eigenvalue weighted by Crippen LogP contribution is -2.39. The van der Waals surface area contributed by atoms with E-state index < -0.39 is 11.6 Å². The molecule has 2 unspecified atom stereocenters. The lowest BCUT2D eigenvalue weighted by molar-refractivity contribution is -0.143. The first-order valence-electron chi connectivity index (χ1n) is 13.8. The summed E-state index contributed by atoms with van der Waals surface area (Å²) in [5.74, 6) is 0.0488. The lowest BCUT2D eigenvalue weighted by atomic mass is 9.87. The van der Waals surface area contributed by atoms with Crippen LogP contribution in [0.15, 0.2) is 68.8 Å². The first-order chi connectivity index (χ1) is 17.3. The van der Waals surface area contributed by atoms with Gasteiger partial charge in [-0.3, -0.25) is 9.69 Å². The van der Waals surface area contributed by atoms with Crippen molar-refractivity contribution < 1.29 is 15.0 Å². The van der Waals surface area contributed by atoms with E-state index in [0.29, 0.717) is 12.3 Å². The Morgan fingerprint density at radius 3 is 2.00 bits per heavy atom. The van der Waals surface area contributed by atoms with Crippen LogP contribution >= 0.6 is 0 Å². The number of aliphatic hydroxyl groups is 1. The number of allylic oxidation sites excluding steroid dienone is 2. The average molecular weight is 502 g/mol. The summed E-state index contributed by atoms with van der Waals surface area (Å²) in [4.78, 5) is 13.0. The molecule has 0 amide bonds. The fourth-order valence-electron chi connectivity index (χ4n) is 4.64. The van der Waals surface area contributed by atoms with Gasteiger partial charge in [-0.25, -0.2) is 0 Å². The number of aliphatic carboxylic acids is 1. The molecule has 36 heavy (non-hydrogen) atoms. The number of benzene rings is 1. The predicted octanol–water partition coefficient (Wildman–Crippen LogP) is 8.08. The molecule has 1 aliphatic heterocycles. The molecule has 0 bridgehead atoms. The molecule has 1 aromatic rings. The molecular weight excluding hydrogens is 446 g/mol. The van der Waals surface area contributed by atoms with Gasteiger partial charge in [0, 0.05) is 6.54 Å². The van der Waals surface area contributed by atoms with Crippen molar-refractivity contribution in [3.8, 4) is 0 Å². The summed E-state index contributed by atoms with van der Waals surface area (Å²) in [5, 5.41) is 19.4. The normalized spacial score (nSPS) is 15.6. The number of likely N-dealkylation sites (tertiary alicyclic amines) is 1. The van der Waals surface area contributed by atoms with Gasteiger partial charge in [0.2, 0.25) is 0 Å². The first-order valence-corrected chi connectivity index (χ1v) is 13.8. The molecule has 1 saturated heterocycles. The zero-order chi connectivity index (χ0) is 27.8. The standard InChI is InChI=1S/C16H26O.C10H19NO2.C4H6.C2H4/c1-3-12-16(17,13-4-2)14-8-11-15-9-6-5-7-10-15;1-3-8-5-6-11(7-8)9(4-2)10(12)13;1-3-4-2;1-2/h5-7,9-10,17H,3-4,8,11-14H2,1-2H3;8-9H,3-7H2,1-2H3,(H,12,13);3-4H,1-2H2;1-2H2. The molecule has 1 fully saturated rings. The van der Waals surface area contributed by atoms with Crippen LogP contribution in [0.5, 0.6) is 0 Å². The molecule has 4 heteroatoms. The van der Waals surface area contributed by atoms with Crippen molar-refractivity contribution in [3.63, 3.8) is 0 Å². The van der Waals surface area contributed by atoms with Crippen LogP contribution in [0.4, 0.5) is 0 Å². The monoisotopic (exact) mass is 501 g/mol. The van der Waals surface area contributed by atoms with Crippen LogP contribution < -0.4 is 0 Å². The minimum Gasteiger partial charge on any atom is -0.480 e. The van der Waals surface area contributed by atoms with Crippen LogP contribution in [-0.2, 0) is 11.2 Å². The Kier molecular flexibility index (Phi) is 23.2. The molecule has 1 aromatic carbocycles. The molecule has 2 rings (SSSR count). The Hall–Kier alpha value is -2.17. The van der Waals surface area contributed by atoms with Crippen molar-refractivity contribution in [2.45, 2.75) is 104 Å². The van der Waals surface area contributed by atoms with E-state index in [0.717, 1.165) is 58.0 Å². The van der Waals surface area contributed by atoms with Crippen molar-refractivity contribution in [2.24, 2.45) is 5.92 Å². The maximum atomic E-state index is 10.9. The fourth-order valence-corrected chi connectivity index (χ4v) is 4.64. The Morgan fingerprint density at radius 1 is 1.06 bits per heavy atom. The Bertz CT molecular complexity index is 661. The van der Waals surface area contributed by atoms with E-state index in [1.807, 2.05) is 13.0 Å². The van der Waals surface area contributed by atoms with Gasteiger partial charge in [-0.1, -0.05) is 103 Å². The smallest absolute Gasteiger partial charge is 0.320 e. The minimum atomic E-state index is -0.667. The van der Waals surface area contributed by atoms with Crippen LogP contribution in [0.25, 0.3) is 0 Å². The molecule has 0 saturated carbocycles. The lowest BCUT2D eigenvalue weighted by Gasteiger charge is -2.27. The summed E-state index contributed by atoms with van der Waals surface area (Å²) >= 11 is 0. The molecule has 206 valence electrons. The highest BCUT2D eigenvalue weighted by atomic mass is 16.4. The van der Waals surface area contributed by atoms with Gasteiger partial charge < -0.3 is 10.2 Å². The Morgan fingerprint density at radius 2 is 1.61 bits per heavy atom. The van der Waals surface area contributed by atoms with Crippen molar-refractivity contribution in [2.75, 3.05) is 13.1 Å². The number of nitrogens with zero attached hydrogens (tertiary/aromatic N) is 1. The van der Waals surface area contributed by atoms with Gasteiger partial charge in [0.1, 0.15) is 6.04 Å². The number of carbonyl (C=O) groups is 1. The zero-order valence-electron chi connectivity index (χ0n) is 23.8. The number of carboxylic acid groups (broad SMARTS) is 1. The topological polar surface area (TPSA) is 60.8 Å². The van der Waals surface area contributed by atoms with Crippen LogP contribution in [0.1, 0.15) is 91.0 Å². The predicted molar refractivity (Wildman–Crippen MR) is 157 cm³/mol. The molecular formula is C32H55NO3. The van der Waals surface area contributed by atoms with Crippen LogP contribution in [0, 0.1) is 5.92 Å². The molecule has 1 aliphatic rings. The second-order valence-corrected chi connectivity index (χ2v) is 9.36. The molecule has 2 atom stereocenters. The van der Waals surface area contributed by atoms with Crippen molar-refractivity contribution in [1.29, 1.82) is 0 Å². The van der Waals surface area contributed by atoms with Gasteiger partial charge in [0.05, 0.1) is 5.60 Å². The molecule has 0 aromatic heterocycles. The highest BCUT2D eigenvalue weighted by Gasteiger charge is 2.30. The number of hydrogen-bond acceptors (Lipinski definition) is 3. The van der Waals surface area contributed by atoms with Gasteiger partial charge in [0.25, 0.3) is 0 Å². The van der Waals surface area contributed by atoms with Gasteiger partial charge in [0.15, 0.2) is 0 Å². The molecule has 4 nitrogen and oxygen atoms in total. The van der Waals surface area contributed by atoms with Gasteiger partial charge >= 0.3 is 5.97 Å². The molecule has 2 N–H and O–H groups in total. The second-order valence-electron chi connectivity index (χ2n) is 9.36. The second kappa shape index (κ2) is 23.2. The summed E-state index contributed by atoms with van der Waals surface area (Å²) < 4.78 is 0. The summed E-state index contributed by atoms with van der Waals surface area (Å²) in [6.45, 7) is 23.1. The zero-order valence-corrected chi connectivity index (χ0v) is 23.8. The minimum absolute atomic E-state index is 0.253. The summed E-state index contributed by atoms with van der Waals surface area (Å²) in [6, 6.07) is 10.3. The Balaban J connectivity index is 0. The van der Waals surface area contributed by atoms with E-state index in [9.17, 15) is 9.90 Å². The number of rotatable bonds is 13. The third-order valence-corrected chi connectivity index (χ3v) is 6.55. The van der Waals surface area contributed by atoms with Gasteiger partial charge in [-0.05, 0) is 63.0 Å². The highest BCUT2D eigenvalue weighted by molar-refractivity contribution is 5.73. The highest BCUT2D eigenvalue weighted by Crippen LogP contribution is 2.26.